The van der Waals surface area contributed by atoms with Crippen LogP contribution in [0.5, 0.6) is 0 Å². The lowest BCUT2D eigenvalue weighted by Crippen LogP contribution is -2.56. The number of hydrogen-bond acceptors (Lipinski definition) is 4. The summed E-state index contributed by atoms with van der Waals surface area (Å²) in [6, 6.07) is 14.5. The van der Waals surface area contributed by atoms with E-state index in [1.165, 1.54) is 12.0 Å². The van der Waals surface area contributed by atoms with Crippen molar-refractivity contribution in [3.05, 3.63) is 54.1 Å². The van der Waals surface area contributed by atoms with Crippen LogP contribution in [-0.2, 0) is 23.1 Å². The van der Waals surface area contributed by atoms with Crippen LogP contribution in [0.15, 0.2) is 48.5 Å². The SMILES string of the molecule is CCn1c(-c2nc3cc(C(=O)N4CC(NC(=O)C(F)(F)F)C[C@@H](OC)C4)ccc3n2C)cc2ccccc21. The molecule has 200 valence electrons. The number of hydrogen-bond donors (Lipinski definition) is 1. The van der Waals surface area contributed by atoms with Crippen LogP contribution in [-0.4, -0.2) is 69.4 Å². The average molecular weight is 528 g/mol. The number of nitrogens with one attached hydrogen (secondary N) is 1. The van der Waals surface area contributed by atoms with Crippen LogP contribution in [0.3, 0.4) is 0 Å². The number of methoxy groups -OCH3 is 1. The number of benzene rings is 2. The molecule has 0 aliphatic carbocycles. The van der Waals surface area contributed by atoms with Crippen LogP contribution in [0.1, 0.15) is 23.7 Å². The molecule has 0 spiro atoms. The van der Waals surface area contributed by atoms with Gasteiger partial charge in [-0.05, 0) is 43.7 Å². The van der Waals surface area contributed by atoms with Crippen LogP contribution in [0.25, 0.3) is 33.5 Å². The zero-order valence-electron chi connectivity index (χ0n) is 21.2. The first kappa shape index (κ1) is 25.8. The molecule has 2 aromatic heterocycles. The predicted octanol–water partition coefficient (Wildman–Crippen LogP) is 4.12. The minimum Gasteiger partial charge on any atom is -0.380 e. The Morgan fingerprint density at radius 3 is 2.58 bits per heavy atom. The van der Waals surface area contributed by atoms with E-state index in [1.807, 2.05) is 35.1 Å². The Bertz CT molecular complexity index is 1520. The Balaban J connectivity index is 1.45. The third-order valence-electron chi connectivity index (χ3n) is 7.11. The average Bonchev–Trinajstić information content (AvgIpc) is 3.44. The minimum absolute atomic E-state index is 0.0530. The highest BCUT2D eigenvalue weighted by molar-refractivity contribution is 5.98. The molecular weight excluding hydrogens is 499 g/mol. The summed E-state index contributed by atoms with van der Waals surface area (Å²) in [6.07, 6.45) is -5.33. The Morgan fingerprint density at radius 2 is 1.87 bits per heavy atom. The normalized spacial score (nSPS) is 18.3. The summed E-state index contributed by atoms with van der Waals surface area (Å²) in [6.45, 7) is 2.99. The molecule has 3 heterocycles. The second-order valence-electron chi connectivity index (χ2n) is 9.50. The molecule has 1 N–H and O–H groups in total. The maximum absolute atomic E-state index is 13.4. The van der Waals surface area contributed by atoms with Crippen molar-refractivity contribution in [1.82, 2.24) is 24.3 Å². The van der Waals surface area contributed by atoms with E-state index in [0.29, 0.717) is 11.1 Å². The van der Waals surface area contributed by atoms with Crippen LogP contribution >= 0.6 is 0 Å². The number of carbonyl (C=O) groups excluding carboxylic acids is 2. The van der Waals surface area contributed by atoms with Gasteiger partial charge in [-0.25, -0.2) is 4.98 Å². The number of nitrogens with zero attached hydrogens (tertiary/aromatic N) is 4. The molecule has 1 saturated heterocycles. The highest BCUT2D eigenvalue weighted by atomic mass is 19.4. The summed E-state index contributed by atoms with van der Waals surface area (Å²) < 4.78 is 47.9. The van der Waals surface area contributed by atoms with Crippen molar-refractivity contribution in [3.63, 3.8) is 0 Å². The summed E-state index contributed by atoms with van der Waals surface area (Å²) in [5.74, 6) is -1.64. The molecule has 8 nitrogen and oxygen atoms in total. The third-order valence-corrected chi connectivity index (χ3v) is 7.11. The van der Waals surface area contributed by atoms with Crippen molar-refractivity contribution in [3.8, 4) is 11.5 Å². The zero-order chi connectivity index (χ0) is 27.2. The summed E-state index contributed by atoms with van der Waals surface area (Å²) in [4.78, 5) is 31.2. The maximum atomic E-state index is 13.4. The monoisotopic (exact) mass is 527 g/mol. The van der Waals surface area contributed by atoms with E-state index < -0.39 is 24.2 Å². The van der Waals surface area contributed by atoms with Crippen molar-refractivity contribution < 1.29 is 27.5 Å². The lowest BCUT2D eigenvalue weighted by atomic mass is 10.0. The molecule has 2 amide bonds. The fraction of sp³-hybridized carbons (Fsp3) is 0.370. The molecule has 38 heavy (non-hydrogen) atoms. The molecule has 4 aromatic rings. The summed E-state index contributed by atoms with van der Waals surface area (Å²) in [5, 5.41) is 3.09. The predicted molar refractivity (Wildman–Crippen MR) is 137 cm³/mol. The van der Waals surface area contributed by atoms with Crippen LogP contribution < -0.4 is 5.32 Å². The largest absolute Gasteiger partial charge is 0.471 e. The number of aryl methyl sites for hydroxylation is 2. The molecule has 0 bridgehead atoms. The molecule has 2 aromatic carbocycles. The van der Waals surface area contributed by atoms with Gasteiger partial charge in [-0.2, -0.15) is 13.2 Å². The van der Waals surface area contributed by atoms with Crippen molar-refractivity contribution in [2.45, 2.75) is 38.2 Å². The molecule has 5 rings (SSSR count). The van der Waals surface area contributed by atoms with E-state index in [1.54, 1.807) is 12.1 Å². The first-order valence-corrected chi connectivity index (χ1v) is 12.4. The van der Waals surface area contributed by atoms with Crippen molar-refractivity contribution in [1.29, 1.82) is 0 Å². The van der Waals surface area contributed by atoms with Crippen molar-refractivity contribution in [2.24, 2.45) is 7.05 Å². The van der Waals surface area contributed by atoms with Gasteiger partial charge in [0.05, 0.1) is 22.8 Å². The number of imidazole rings is 1. The fourth-order valence-electron chi connectivity index (χ4n) is 5.24. The van der Waals surface area contributed by atoms with E-state index in [-0.39, 0.29) is 25.4 Å². The second kappa shape index (κ2) is 9.79. The van der Waals surface area contributed by atoms with E-state index in [0.717, 1.165) is 34.5 Å². The Kier molecular flexibility index (Phi) is 6.64. The van der Waals surface area contributed by atoms with Gasteiger partial charge in [0.2, 0.25) is 0 Å². The molecule has 0 radical (unpaired) electrons. The van der Waals surface area contributed by atoms with Gasteiger partial charge < -0.3 is 24.1 Å². The van der Waals surface area contributed by atoms with Crippen LogP contribution in [0, 0.1) is 0 Å². The Labute approximate surface area is 217 Å². The maximum Gasteiger partial charge on any atom is 0.471 e. The number of halogens is 3. The van der Waals surface area contributed by atoms with Gasteiger partial charge in [0, 0.05) is 56.3 Å². The number of fused-ring (bicyclic) bond motifs is 2. The molecule has 11 heteroatoms. The number of piperidine rings is 1. The molecule has 1 unspecified atom stereocenters. The van der Waals surface area contributed by atoms with Crippen molar-refractivity contribution >= 4 is 33.8 Å². The van der Waals surface area contributed by atoms with Gasteiger partial charge >= 0.3 is 12.1 Å². The van der Waals surface area contributed by atoms with Gasteiger partial charge in [-0.3, -0.25) is 9.59 Å². The van der Waals surface area contributed by atoms with E-state index in [2.05, 4.69) is 29.7 Å². The summed E-state index contributed by atoms with van der Waals surface area (Å²) in [5.41, 5.74) is 3.90. The Morgan fingerprint density at radius 1 is 1.11 bits per heavy atom. The number of alkyl halides is 3. The van der Waals surface area contributed by atoms with Crippen molar-refractivity contribution in [2.75, 3.05) is 20.2 Å². The topological polar surface area (TPSA) is 81.4 Å². The third kappa shape index (κ3) is 4.62. The van der Waals surface area contributed by atoms with Gasteiger partial charge in [-0.15, -0.1) is 0 Å². The number of carbonyl (C=O) groups is 2. The number of amides is 2. The minimum atomic E-state index is -5.00. The van der Waals surface area contributed by atoms with Crippen LogP contribution in [0.4, 0.5) is 13.2 Å². The number of aromatic nitrogens is 3. The van der Waals surface area contributed by atoms with Gasteiger partial charge in [-0.1, -0.05) is 18.2 Å². The molecule has 1 aliphatic rings. The number of rotatable bonds is 5. The molecule has 0 saturated carbocycles. The molecule has 1 fully saturated rings. The number of para-hydroxylation sites is 1. The van der Waals surface area contributed by atoms with Gasteiger partial charge in [0.1, 0.15) is 0 Å². The summed E-state index contributed by atoms with van der Waals surface area (Å²) >= 11 is 0. The van der Waals surface area contributed by atoms with Gasteiger partial charge in [0.15, 0.2) is 5.82 Å². The van der Waals surface area contributed by atoms with Crippen LogP contribution in [0.2, 0.25) is 0 Å². The number of ether oxygens (including phenoxy) is 1. The zero-order valence-corrected chi connectivity index (χ0v) is 21.2. The smallest absolute Gasteiger partial charge is 0.380 e. The lowest BCUT2D eigenvalue weighted by molar-refractivity contribution is -0.175. The lowest BCUT2D eigenvalue weighted by Gasteiger charge is -2.37. The fourth-order valence-corrected chi connectivity index (χ4v) is 5.24. The Hall–Kier alpha value is -3.86. The standard InChI is InChI=1S/C27H28F3N5O3/c1-4-35-21-8-6-5-7-16(21)12-23(35)24-32-20-11-17(9-10-22(20)33(24)2)25(36)34-14-18(13-19(15-34)38-3)31-26(37)27(28,29)30/h5-12,18-19H,4,13-15H2,1-3H3,(H,31,37)/t18?,19-/m1/s1. The molecule has 2 atom stereocenters. The molecule has 1 aliphatic heterocycles. The first-order chi connectivity index (χ1) is 18.1. The van der Waals surface area contributed by atoms with E-state index in [9.17, 15) is 22.8 Å². The number of likely N-dealkylation sites (tertiary alicyclic amines) is 1. The van der Waals surface area contributed by atoms with E-state index in [4.69, 9.17) is 9.72 Å². The van der Waals surface area contributed by atoms with Gasteiger partial charge in [0.25, 0.3) is 5.91 Å². The summed E-state index contributed by atoms with van der Waals surface area (Å²) in [7, 11) is 3.35. The second-order valence-corrected chi connectivity index (χ2v) is 9.50. The highest BCUT2D eigenvalue weighted by Crippen LogP contribution is 2.30. The van der Waals surface area contributed by atoms with E-state index >= 15 is 0 Å². The molecular formula is C27H28F3N5O3. The quantitative estimate of drug-likeness (QED) is 0.424. The highest BCUT2D eigenvalue weighted by Gasteiger charge is 2.41. The first-order valence-electron chi connectivity index (χ1n) is 12.4.